The maximum atomic E-state index is 11.9. The van der Waals surface area contributed by atoms with Crippen molar-refractivity contribution in [2.24, 2.45) is 0 Å². The lowest BCUT2D eigenvalue weighted by Gasteiger charge is -2.06. The molecule has 0 fully saturated rings. The third-order valence-electron chi connectivity index (χ3n) is 2.67. The highest BCUT2D eigenvalue weighted by molar-refractivity contribution is 7.88. The molecule has 1 heterocycles. The summed E-state index contributed by atoms with van der Waals surface area (Å²) in [5.74, 6) is -0.0305. The van der Waals surface area contributed by atoms with Gasteiger partial charge in [0.2, 0.25) is 10.0 Å². The second-order valence-electron chi connectivity index (χ2n) is 4.25. The standard InChI is InChI=1S/C13H15ClN2O2S/c14-13-3-1-12(2-4-13)10-19(17,18)16-8-6-11-5-7-15-9-11/h1-5,7,9,15-16H,6,8,10H2. The van der Waals surface area contributed by atoms with Crippen molar-refractivity contribution in [1.29, 1.82) is 0 Å². The molecule has 2 N–H and O–H groups in total. The fourth-order valence-electron chi connectivity index (χ4n) is 1.72. The van der Waals surface area contributed by atoms with Crippen LogP contribution < -0.4 is 4.72 Å². The topological polar surface area (TPSA) is 62.0 Å². The highest BCUT2D eigenvalue weighted by atomic mass is 35.5. The van der Waals surface area contributed by atoms with Crippen LogP contribution in [0.1, 0.15) is 11.1 Å². The van der Waals surface area contributed by atoms with Gasteiger partial charge in [0.1, 0.15) is 0 Å². The first-order chi connectivity index (χ1) is 9.05. The van der Waals surface area contributed by atoms with Crippen LogP contribution in [0, 0.1) is 0 Å². The van der Waals surface area contributed by atoms with E-state index in [4.69, 9.17) is 11.6 Å². The predicted molar refractivity (Wildman–Crippen MR) is 76.6 cm³/mol. The molecule has 2 rings (SSSR count). The molecule has 2 aromatic rings. The summed E-state index contributed by atoms with van der Waals surface area (Å²) in [6, 6.07) is 8.73. The highest BCUT2D eigenvalue weighted by Gasteiger charge is 2.10. The summed E-state index contributed by atoms with van der Waals surface area (Å²) in [6.07, 6.45) is 4.34. The van der Waals surface area contributed by atoms with Gasteiger partial charge in [-0.3, -0.25) is 0 Å². The van der Waals surface area contributed by atoms with E-state index in [-0.39, 0.29) is 5.75 Å². The van der Waals surface area contributed by atoms with Gasteiger partial charge in [-0.1, -0.05) is 23.7 Å². The summed E-state index contributed by atoms with van der Waals surface area (Å²) in [6.45, 7) is 0.397. The molecule has 6 heteroatoms. The van der Waals surface area contributed by atoms with E-state index in [2.05, 4.69) is 9.71 Å². The average Bonchev–Trinajstić information content (AvgIpc) is 2.85. The normalized spacial score (nSPS) is 11.6. The van der Waals surface area contributed by atoms with Crippen molar-refractivity contribution in [1.82, 2.24) is 9.71 Å². The van der Waals surface area contributed by atoms with Gasteiger partial charge >= 0.3 is 0 Å². The van der Waals surface area contributed by atoms with Crippen LogP contribution in [0.2, 0.25) is 5.02 Å². The average molecular weight is 299 g/mol. The lowest BCUT2D eigenvalue weighted by Crippen LogP contribution is -2.27. The molecule has 0 aliphatic heterocycles. The number of sulfonamides is 1. The Morgan fingerprint density at radius 2 is 1.84 bits per heavy atom. The molecule has 0 radical (unpaired) electrons. The summed E-state index contributed by atoms with van der Waals surface area (Å²) < 4.78 is 26.3. The van der Waals surface area contributed by atoms with Crippen LogP contribution in [0.15, 0.2) is 42.7 Å². The van der Waals surface area contributed by atoms with Gasteiger partial charge in [-0.25, -0.2) is 13.1 Å². The maximum absolute atomic E-state index is 11.9. The molecular formula is C13H15ClN2O2S. The van der Waals surface area contributed by atoms with Gasteiger partial charge in [0.15, 0.2) is 0 Å². The molecule has 19 heavy (non-hydrogen) atoms. The van der Waals surface area contributed by atoms with Gasteiger partial charge in [-0.15, -0.1) is 0 Å². The number of benzene rings is 1. The zero-order chi connectivity index (χ0) is 13.7. The number of H-pyrrole nitrogens is 1. The number of aromatic nitrogens is 1. The Labute approximate surface area is 117 Å². The van der Waals surface area contributed by atoms with E-state index >= 15 is 0 Å². The summed E-state index contributed by atoms with van der Waals surface area (Å²) >= 11 is 5.76. The van der Waals surface area contributed by atoms with Gasteiger partial charge in [0, 0.05) is 24.0 Å². The van der Waals surface area contributed by atoms with Crippen molar-refractivity contribution in [2.75, 3.05) is 6.54 Å². The van der Waals surface area contributed by atoms with E-state index in [0.29, 0.717) is 18.0 Å². The SMILES string of the molecule is O=S(=O)(Cc1ccc(Cl)cc1)NCCc1cc[nH]c1. The first kappa shape index (κ1) is 14.1. The van der Waals surface area contributed by atoms with Crippen molar-refractivity contribution < 1.29 is 8.42 Å². The van der Waals surface area contributed by atoms with Crippen LogP contribution in [0.4, 0.5) is 0 Å². The largest absolute Gasteiger partial charge is 0.367 e. The molecule has 0 atom stereocenters. The van der Waals surface area contributed by atoms with Crippen molar-refractivity contribution in [2.45, 2.75) is 12.2 Å². The first-order valence-electron chi connectivity index (χ1n) is 5.89. The lowest BCUT2D eigenvalue weighted by molar-refractivity contribution is 0.581. The van der Waals surface area contributed by atoms with Crippen LogP contribution in [0.5, 0.6) is 0 Å². The van der Waals surface area contributed by atoms with Crippen LogP contribution in [-0.2, 0) is 22.2 Å². The Balaban J connectivity index is 1.86. The van der Waals surface area contributed by atoms with E-state index in [1.54, 1.807) is 24.3 Å². The number of aromatic amines is 1. The Hall–Kier alpha value is -1.30. The molecule has 1 aromatic heterocycles. The fraction of sp³-hybridized carbons (Fsp3) is 0.231. The maximum Gasteiger partial charge on any atom is 0.215 e. The molecule has 102 valence electrons. The molecule has 0 spiro atoms. The molecule has 0 saturated carbocycles. The van der Waals surface area contributed by atoms with E-state index < -0.39 is 10.0 Å². The summed E-state index contributed by atoms with van der Waals surface area (Å²) in [4.78, 5) is 2.93. The lowest BCUT2D eigenvalue weighted by atomic mass is 10.2. The monoisotopic (exact) mass is 298 g/mol. The van der Waals surface area contributed by atoms with Gasteiger partial charge < -0.3 is 4.98 Å². The summed E-state index contributed by atoms with van der Waals surface area (Å²) in [7, 11) is -3.30. The van der Waals surface area contributed by atoms with Crippen molar-refractivity contribution in [3.63, 3.8) is 0 Å². The second-order valence-corrected chi connectivity index (χ2v) is 6.49. The number of halogens is 1. The Morgan fingerprint density at radius 1 is 1.11 bits per heavy atom. The predicted octanol–water partition coefficient (Wildman–Crippen LogP) is 2.33. The fourth-order valence-corrected chi connectivity index (χ4v) is 2.99. The minimum absolute atomic E-state index is 0.0305. The Kier molecular flexibility index (Phi) is 4.63. The van der Waals surface area contributed by atoms with Gasteiger partial charge in [-0.05, 0) is 35.7 Å². The van der Waals surface area contributed by atoms with E-state index in [0.717, 1.165) is 11.1 Å². The molecule has 0 aliphatic carbocycles. The van der Waals surface area contributed by atoms with Gasteiger partial charge in [-0.2, -0.15) is 0 Å². The minimum atomic E-state index is -3.30. The Bertz CT molecular complexity index is 607. The number of rotatable bonds is 6. The molecular weight excluding hydrogens is 284 g/mol. The third-order valence-corrected chi connectivity index (χ3v) is 4.28. The van der Waals surface area contributed by atoms with Crippen LogP contribution in [0.25, 0.3) is 0 Å². The molecule has 1 aromatic carbocycles. The molecule has 0 amide bonds. The summed E-state index contributed by atoms with van der Waals surface area (Å²) in [5, 5.41) is 0.599. The number of nitrogens with one attached hydrogen (secondary N) is 2. The second kappa shape index (κ2) is 6.23. The molecule has 0 saturated heterocycles. The van der Waals surface area contributed by atoms with Crippen LogP contribution >= 0.6 is 11.6 Å². The van der Waals surface area contributed by atoms with Gasteiger partial charge in [0.05, 0.1) is 5.75 Å². The highest BCUT2D eigenvalue weighted by Crippen LogP contribution is 2.11. The Morgan fingerprint density at radius 3 is 2.47 bits per heavy atom. The number of hydrogen-bond acceptors (Lipinski definition) is 2. The zero-order valence-corrected chi connectivity index (χ0v) is 11.8. The van der Waals surface area contributed by atoms with Crippen molar-refractivity contribution >= 4 is 21.6 Å². The summed E-state index contributed by atoms with van der Waals surface area (Å²) in [5.41, 5.74) is 1.80. The van der Waals surface area contributed by atoms with Crippen LogP contribution in [0.3, 0.4) is 0 Å². The minimum Gasteiger partial charge on any atom is -0.367 e. The number of hydrogen-bond donors (Lipinski definition) is 2. The van der Waals surface area contributed by atoms with E-state index in [9.17, 15) is 8.42 Å². The van der Waals surface area contributed by atoms with Crippen molar-refractivity contribution in [3.05, 3.63) is 58.9 Å². The quantitative estimate of drug-likeness (QED) is 0.860. The van der Waals surface area contributed by atoms with E-state index in [1.165, 1.54) is 0 Å². The molecule has 0 aliphatic rings. The third kappa shape index (κ3) is 4.70. The molecule has 4 nitrogen and oxygen atoms in total. The molecule has 0 unspecified atom stereocenters. The van der Waals surface area contributed by atoms with Crippen LogP contribution in [-0.4, -0.2) is 19.9 Å². The zero-order valence-electron chi connectivity index (χ0n) is 10.3. The smallest absolute Gasteiger partial charge is 0.215 e. The van der Waals surface area contributed by atoms with Crippen molar-refractivity contribution in [3.8, 4) is 0 Å². The first-order valence-corrected chi connectivity index (χ1v) is 7.92. The molecule has 0 bridgehead atoms. The van der Waals surface area contributed by atoms with Gasteiger partial charge in [0.25, 0.3) is 0 Å². The van der Waals surface area contributed by atoms with E-state index in [1.807, 2.05) is 18.5 Å².